The van der Waals surface area contributed by atoms with Gasteiger partial charge in [0, 0.05) is 24.7 Å². The quantitative estimate of drug-likeness (QED) is 0.783. The second kappa shape index (κ2) is 7.56. The third-order valence-electron chi connectivity index (χ3n) is 2.93. The molecule has 0 bridgehead atoms. The Morgan fingerprint density at radius 1 is 1.27 bits per heavy atom. The van der Waals surface area contributed by atoms with Gasteiger partial charge in [0.05, 0.1) is 4.90 Å². The summed E-state index contributed by atoms with van der Waals surface area (Å²) in [7, 11) is -3.54. The summed E-state index contributed by atoms with van der Waals surface area (Å²) >= 11 is 0. The Hall–Kier alpha value is -1.66. The number of carbonyl (C=O) groups is 1. The van der Waals surface area contributed by atoms with Crippen molar-refractivity contribution in [2.24, 2.45) is 0 Å². The molecule has 0 aliphatic heterocycles. The van der Waals surface area contributed by atoms with E-state index in [1.165, 1.54) is 24.3 Å². The number of nitrogens with one attached hydrogen (secondary N) is 1. The smallest absolute Gasteiger partial charge is 0.254 e. The van der Waals surface area contributed by atoms with Crippen LogP contribution in [0.2, 0.25) is 0 Å². The number of benzene rings is 1. The summed E-state index contributed by atoms with van der Waals surface area (Å²) in [5.74, 6) is -0.133. The van der Waals surface area contributed by atoms with Crippen molar-refractivity contribution in [1.82, 2.24) is 9.62 Å². The summed E-state index contributed by atoms with van der Waals surface area (Å²) in [4.78, 5) is 14.2. The van der Waals surface area contributed by atoms with Crippen molar-refractivity contribution in [2.75, 3.05) is 13.1 Å². The van der Waals surface area contributed by atoms with E-state index in [0.717, 1.165) is 5.57 Å². The van der Waals surface area contributed by atoms with Gasteiger partial charge in [-0.15, -0.1) is 0 Å². The normalized spacial score (nSPS) is 11.5. The lowest BCUT2D eigenvalue weighted by atomic mass is 10.2. The molecule has 0 saturated carbocycles. The van der Waals surface area contributed by atoms with Gasteiger partial charge in [-0.25, -0.2) is 13.1 Å². The van der Waals surface area contributed by atoms with Crippen molar-refractivity contribution < 1.29 is 13.2 Å². The van der Waals surface area contributed by atoms with Crippen LogP contribution < -0.4 is 4.72 Å². The number of amides is 1. The van der Waals surface area contributed by atoms with E-state index in [4.69, 9.17) is 0 Å². The second-order valence-corrected chi connectivity index (χ2v) is 7.29. The number of rotatable bonds is 7. The molecule has 0 aliphatic rings. The van der Waals surface area contributed by atoms with E-state index < -0.39 is 10.0 Å². The molecule has 0 heterocycles. The summed E-state index contributed by atoms with van der Waals surface area (Å²) < 4.78 is 26.6. The molecule has 1 aromatic rings. The zero-order valence-corrected chi connectivity index (χ0v) is 14.4. The highest BCUT2D eigenvalue weighted by Crippen LogP contribution is 2.13. The standard InChI is InChI=1S/C16H24N2O3S/c1-6-18(11-12(2)3)16(19)14-7-9-15(10-8-14)22(20,21)17-13(4)5/h7-10,13,17H,2,6,11H2,1,3-5H3. The van der Waals surface area contributed by atoms with Gasteiger partial charge >= 0.3 is 0 Å². The fraction of sp³-hybridized carbons (Fsp3) is 0.438. The van der Waals surface area contributed by atoms with Gasteiger partial charge in [-0.05, 0) is 52.0 Å². The van der Waals surface area contributed by atoms with Crippen LogP contribution in [0.25, 0.3) is 0 Å². The Morgan fingerprint density at radius 2 is 1.82 bits per heavy atom. The summed E-state index contributed by atoms with van der Waals surface area (Å²) in [6.45, 7) is 12.1. The Bertz CT molecular complexity index is 634. The molecule has 0 aliphatic carbocycles. The highest BCUT2D eigenvalue weighted by atomic mass is 32.2. The van der Waals surface area contributed by atoms with Crippen LogP contribution in [0.3, 0.4) is 0 Å². The van der Waals surface area contributed by atoms with Gasteiger partial charge in [0.2, 0.25) is 10.0 Å². The van der Waals surface area contributed by atoms with E-state index in [9.17, 15) is 13.2 Å². The first-order valence-corrected chi connectivity index (χ1v) is 8.71. The van der Waals surface area contributed by atoms with Crippen LogP contribution in [-0.4, -0.2) is 38.4 Å². The molecule has 0 spiro atoms. The zero-order valence-electron chi connectivity index (χ0n) is 13.6. The maximum Gasteiger partial charge on any atom is 0.254 e. The molecule has 0 aromatic heterocycles. The van der Waals surface area contributed by atoms with E-state index in [0.29, 0.717) is 18.7 Å². The van der Waals surface area contributed by atoms with Gasteiger partial charge in [0.15, 0.2) is 0 Å². The molecular formula is C16H24N2O3S. The Kier molecular flexibility index (Phi) is 6.32. The third-order valence-corrected chi connectivity index (χ3v) is 4.61. The van der Waals surface area contributed by atoms with Gasteiger partial charge in [0.25, 0.3) is 5.91 Å². The maximum atomic E-state index is 12.4. The van der Waals surface area contributed by atoms with Crippen molar-refractivity contribution in [3.63, 3.8) is 0 Å². The minimum absolute atomic E-state index is 0.133. The second-order valence-electron chi connectivity index (χ2n) is 5.58. The van der Waals surface area contributed by atoms with Gasteiger partial charge in [-0.3, -0.25) is 4.79 Å². The van der Waals surface area contributed by atoms with Crippen LogP contribution in [-0.2, 0) is 10.0 Å². The number of likely N-dealkylation sites (N-methyl/N-ethyl adjacent to an activating group) is 1. The zero-order chi connectivity index (χ0) is 16.9. The van der Waals surface area contributed by atoms with Crippen LogP contribution in [0.1, 0.15) is 38.1 Å². The molecule has 1 rings (SSSR count). The molecule has 122 valence electrons. The number of nitrogens with zero attached hydrogens (tertiary/aromatic N) is 1. The lowest BCUT2D eigenvalue weighted by molar-refractivity contribution is 0.0778. The first-order chi connectivity index (χ1) is 10.2. The van der Waals surface area contributed by atoms with Crippen molar-refractivity contribution >= 4 is 15.9 Å². The van der Waals surface area contributed by atoms with E-state index in [-0.39, 0.29) is 16.8 Å². The van der Waals surface area contributed by atoms with Crippen molar-refractivity contribution in [3.05, 3.63) is 42.0 Å². The molecule has 0 fully saturated rings. The molecular weight excluding hydrogens is 300 g/mol. The molecule has 0 unspecified atom stereocenters. The van der Waals surface area contributed by atoms with Gasteiger partial charge < -0.3 is 4.90 Å². The molecule has 22 heavy (non-hydrogen) atoms. The molecule has 6 heteroatoms. The van der Waals surface area contributed by atoms with E-state index >= 15 is 0 Å². The maximum absolute atomic E-state index is 12.4. The summed E-state index contributed by atoms with van der Waals surface area (Å²) in [5.41, 5.74) is 1.36. The van der Waals surface area contributed by atoms with Crippen LogP contribution in [0.4, 0.5) is 0 Å². The predicted molar refractivity (Wildman–Crippen MR) is 88.3 cm³/mol. The van der Waals surface area contributed by atoms with Crippen LogP contribution in [0.15, 0.2) is 41.3 Å². The highest BCUT2D eigenvalue weighted by molar-refractivity contribution is 7.89. The minimum atomic E-state index is -3.54. The van der Waals surface area contributed by atoms with Gasteiger partial charge in [0.1, 0.15) is 0 Å². The molecule has 0 radical (unpaired) electrons. The Balaban J connectivity index is 2.97. The van der Waals surface area contributed by atoms with Crippen molar-refractivity contribution in [2.45, 2.75) is 38.6 Å². The average Bonchev–Trinajstić information content (AvgIpc) is 2.42. The summed E-state index contributed by atoms with van der Waals surface area (Å²) in [6.07, 6.45) is 0. The first-order valence-electron chi connectivity index (χ1n) is 7.23. The first kappa shape index (κ1) is 18.4. The monoisotopic (exact) mass is 324 g/mol. The van der Waals surface area contributed by atoms with Gasteiger partial charge in [-0.1, -0.05) is 12.2 Å². The Labute approximate surface area is 133 Å². The molecule has 1 amide bonds. The Morgan fingerprint density at radius 3 is 2.23 bits per heavy atom. The van der Waals surface area contributed by atoms with Gasteiger partial charge in [-0.2, -0.15) is 0 Å². The fourth-order valence-corrected chi connectivity index (χ4v) is 3.24. The molecule has 0 atom stereocenters. The lowest BCUT2D eigenvalue weighted by Crippen LogP contribution is -2.32. The predicted octanol–water partition coefficient (Wildman–Crippen LogP) is 2.41. The van der Waals surface area contributed by atoms with Crippen LogP contribution >= 0.6 is 0 Å². The summed E-state index contributed by atoms with van der Waals surface area (Å²) in [5, 5.41) is 0. The number of carbonyl (C=O) groups excluding carboxylic acids is 1. The molecule has 1 N–H and O–H groups in total. The largest absolute Gasteiger partial charge is 0.335 e. The minimum Gasteiger partial charge on any atom is -0.335 e. The van der Waals surface area contributed by atoms with E-state index in [2.05, 4.69) is 11.3 Å². The van der Waals surface area contributed by atoms with Crippen molar-refractivity contribution in [1.29, 1.82) is 0 Å². The van der Waals surface area contributed by atoms with Crippen molar-refractivity contribution in [3.8, 4) is 0 Å². The van der Waals surface area contributed by atoms with E-state index in [1.807, 2.05) is 13.8 Å². The third kappa shape index (κ3) is 4.96. The SMILES string of the molecule is C=C(C)CN(CC)C(=O)c1ccc(S(=O)(=O)NC(C)C)cc1. The van der Waals surface area contributed by atoms with Crippen LogP contribution in [0, 0.1) is 0 Å². The fourth-order valence-electron chi connectivity index (χ4n) is 1.99. The number of hydrogen-bond donors (Lipinski definition) is 1. The summed E-state index contributed by atoms with van der Waals surface area (Å²) in [6, 6.07) is 5.80. The van der Waals surface area contributed by atoms with E-state index in [1.54, 1.807) is 18.7 Å². The molecule has 0 saturated heterocycles. The lowest BCUT2D eigenvalue weighted by Gasteiger charge is -2.21. The number of hydrogen-bond acceptors (Lipinski definition) is 3. The topological polar surface area (TPSA) is 66.5 Å². The average molecular weight is 324 g/mol. The molecule has 1 aromatic carbocycles. The number of sulfonamides is 1. The highest BCUT2D eigenvalue weighted by Gasteiger charge is 2.18. The molecule has 5 nitrogen and oxygen atoms in total. The van der Waals surface area contributed by atoms with Crippen LogP contribution in [0.5, 0.6) is 0 Å².